The number of hydrogen-bond donors (Lipinski definition) is 0. The first-order chi connectivity index (χ1) is 12.5. The summed E-state index contributed by atoms with van der Waals surface area (Å²) >= 11 is 0. The first-order valence-electron chi connectivity index (χ1n) is 9.23. The number of rotatable bonds is 6. The normalized spacial score (nSPS) is 19.4. The molecule has 2 aliphatic rings. The van der Waals surface area contributed by atoms with E-state index < -0.39 is 7.60 Å². The number of carbonyl (C=O) groups excluding carboxylic acids is 1. The Hall–Kier alpha value is -1.46. The van der Waals surface area contributed by atoms with E-state index >= 15 is 0 Å². The SMILES string of the molecule is CCOP(=O)(CC#N)OC.N#CC=CC1CCCC1.O=CC1CCCC1. The Labute approximate surface area is 157 Å². The highest BCUT2D eigenvalue weighted by molar-refractivity contribution is 7.54. The van der Waals surface area contributed by atoms with Gasteiger partial charge >= 0.3 is 7.60 Å². The van der Waals surface area contributed by atoms with Crippen LogP contribution in [0.2, 0.25) is 0 Å². The summed E-state index contributed by atoms with van der Waals surface area (Å²) in [6, 6.07) is 3.74. The summed E-state index contributed by atoms with van der Waals surface area (Å²) in [5, 5.41) is 16.4. The monoisotopic (exact) mass is 382 g/mol. The Morgan fingerprint density at radius 2 is 1.62 bits per heavy atom. The molecule has 0 amide bonds. The van der Waals surface area contributed by atoms with Crippen LogP contribution in [0.25, 0.3) is 0 Å². The second-order valence-electron chi connectivity index (χ2n) is 6.24. The molecular formula is C19H31N2O4P. The van der Waals surface area contributed by atoms with Crippen LogP contribution in [-0.4, -0.2) is 26.2 Å². The minimum atomic E-state index is -3.06. The zero-order chi connectivity index (χ0) is 19.7. The Bertz CT molecular complexity index is 525. The van der Waals surface area contributed by atoms with Gasteiger partial charge in [-0.3, -0.25) is 4.57 Å². The molecule has 0 spiro atoms. The molecule has 146 valence electrons. The van der Waals surface area contributed by atoms with Crippen LogP contribution < -0.4 is 0 Å². The van der Waals surface area contributed by atoms with Gasteiger partial charge in [0, 0.05) is 19.1 Å². The zero-order valence-electron chi connectivity index (χ0n) is 15.9. The standard InChI is InChI=1S/C8H11N.C6H10O.C5H10NO3P/c9-7-3-6-8-4-1-2-5-8;7-5-6-3-1-2-4-6;1-3-9-10(7,8-2)5-4-6/h3,6,8H,1-2,4-5H2;5-6H,1-4H2;3,5H2,1-2H3. The molecular weight excluding hydrogens is 351 g/mol. The first-order valence-corrected chi connectivity index (χ1v) is 11.0. The average Bonchev–Trinajstić information content (AvgIpc) is 3.35. The van der Waals surface area contributed by atoms with E-state index in [0.29, 0.717) is 18.4 Å². The Morgan fingerprint density at radius 1 is 1.08 bits per heavy atom. The highest BCUT2D eigenvalue weighted by atomic mass is 31.2. The minimum Gasteiger partial charge on any atom is -0.311 e. The van der Waals surface area contributed by atoms with Crippen LogP contribution in [-0.2, 0) is 18.4 Å². The van der Waals surface area contributed by atoms with E-state index in [0.717, 1.165) is 19.1 Å². The Morgan fingerprint density at radius 3 is 1.96 bits per heavy atom. The molecule has 0 aromatic heterocycles. The van der Waals surface area contributed by atoms with E-state index in [2.05, 4.69) is 4.52 Å². The van der Waals surface area contributed by atoms with E-state index in [-0.39, 0.29) is 6.16 Å². The summed E-state index contributed by atoms with van der Waals surface area (Å²) in [5.41, 5.74) is 0. The summed E-state index contributed by atoms with van der Waals surface area (Å²) < 4.78 is 20.4. The molecule has 0 heterocycles. The summed E-state index contributed by atoms with van der Waals surface area (Å²) in [6.07, 6.45) is 14.6. The van der Waals surface area contributed by atoms with Gasteiger partial charge in [-0.15, -0.1) is 0 Å². The van der Waals surface area contributed by atoms with Crippen LogP contribution in [0.15, 0.2) is 12.2 Å². The van der Waals surface area contributed by atoms with Crippen molar-refractivity contribution in [3.05, 3.63) is 12.2 Å². The van der Waals surface area contributed by atoms with E-state index in [1.54, 1.807) is 19.1 Å². The minimum absolute atomic E-state index is 0.183. The van der Waals surface area contributed by atoms with Gasteiger partial charge in [-0.05, 0) is 38.5 Å². The molecule has 0 N–H and O–H groups in total. The number of aldehydes is 1. The molecule has 2 aliphatic carbocycles. The van der Waals surface area contributed by atoms with Crippen molar-refractivity contribution in [1.82, 2.24) is 0 Å². The second kappa shape index (κ2) is 15.8. The predicted octanol–water partition coefficient (Wildman–Crippen LogP) is 5.02. The lowest BCUT2D eigenvalue weighted by atomic mass is 10.1. The molecule has 0 aliphatic heterocycles. The largest absolute Gasteiger partial charge is 0.344 e. The Kier molecular flexibility index (Phi) is 14.9. The van der Waals surface area contributed by atoms with Crippen molar-refractivity contribution < 1.29 is 18.4 Å². The molecule has 0 radical (unpaired) electrons. The smallest absolute Gasteiger partial charge is 0.311 e. The quantitative estimate of drug-likeness (QED) is 0.363. The van der Waals surface area contributed by atoms with E-state index in [1.165, 1.54) is 45.6 Å². The molecule has 1 unspecified atom stereocenters. The van der Waals surface area contributed by atoms with Crippen molar-refractivity contribution in [1.29, 1.82) is 10.5 Å². The lowest BCUT2D eigenvalue weighted by molar-refractivity contribution is -0.110. The van der Waals surface area contributed by atoms with Crippen LogP contribution in [0.4, 0.5) is 0 Å². The Balaban J connectivity index is 0.000000365. The molecule has 7 heteroatoms. The van der Waals surface area contributed by atoms with Crippen molar-refractivity contribution in [2.24, 2.45) is 11.8 Å². The van der Waals surface area contributed by atoms with Crippen molar-refractivity contribution in [3.63, 3.8) is 0 Å². The van der Waals surface area contributed by atoms with Crippen LogP contribution in [0.3, 0.4) is 0 Å². The molecule has 0 aromatic carbocycles. The lowest BCUT2D eigenvalue weighted by Crippen LogP contribution is -1.95. The van der Waals surface area contributed by atoms with Gasteiger partial charge < -0.3 is 13.8 Å². The van der Waals surface area contributed by atoms with Gasteiger partial charge in [0.15, 0.2) is 0 Å². The van der Waals surface area contributed by atoms with Crippen molar-refractivity contribution >= 4 is 13.9 Å². The second-order valence-corrected chi connectivity index (χ2v) is 8.40. The third-order valence-corrected chi connectivity index (χ3v) is 6.04. The maximum atomic E-state index is 11.1. The van der Waals surface area contributed by atoms with Crippen molar-refractivity contribution in [2.45, 2.75) is 58.3 Å². The van der Waals surface area contributed by atoms with Crippen LogP contribution >= 0.6 is 7.60 Å². The number of nitriles is 2. The molecule has 0 bridgehead atoms. The van der Waals surface area contributed by atoms with E-state index in [1.807, 2.05) is 12.1 Å². The zero-order valence-corrected chi connectivity index (χ0v) is 16.8. The molecule has 26 heavy (non-hydrogen) atoms. The molecule has 0 aromatic rings. The van der Waals surface area contributed by atoms with Crippen LogP contribution in [0.1, 0.15) is 58.3 Å². The average molecular weight is 382 g/mol. The molecule has 6 nitrogen and oxygen atoms in total. The van der Waals surface area contributed by atoms with Crippen LogP contribution in [0.5, 0.6) is 0 Å². The number of carbonyl (C=O) groups is 1. The first kappa shape index (κ1) is 24.5. The summed E-state index contributed by atoms with van der Waals surface area (Å²) in [5.74, 6) is 1.13. The molecule has 2 fully saturated rings. The predicted molar refractivity (Wildman–Crippen MR) is 101 cm³/mol. The van der Waals surface area contributed by atoms with Crippen LogP contribution in [0, 0.1) is 34.5 Å². The molecule has 2 saturated carbocycles. The van der Waals surface area contributed by atoms with Crippen molar-refractivity contribution in [2.75, 3.05) is 19.9 Å². The topological polar surface area (TPSA) is 100 Å². The van der Waals surface area contributed by atoms with Crippen molar-refractivity contribution in [3.8, 4) is 12.1 Å². The fraction of sp³-hybridized carbons (Fsp3) is 0.737. The molecule has 0 saturated heterocycles. The van der Waals surface area contributed by atoms with Gasteiger partial charge in [-0.25, -0.2) is 0 Å². The van der Waals surface area contributed by atoms with Gasteiger partial charge in [-0.2, -0.15) is 10.5 Å². The lowest BCUT2D eigenvalue weighted by Gasteiger charge is -2.10. The highest BCUT2D eigenvalue weighted by Gasteiger charge is 2.20. The highest BCUT2D eigenvalue weighted by Crippen LogP contribution is 2.46. The third-order valence-electron chi connectivity index (χ3n) is 4.30. The molecule has 1 atom stereocenters. The summed E-state index contributed by atoms with van der Waals surface area (Å²) in [4.78, 5) is 10.0. The maximum Gasteiger partial charge on any atom is 0.344 e. The van der Waals surface area contributed by atoms with Gasteiger partial charge in [0.25, 0.3) is 0 Å². The fourth-order valence-corrected chi connectivity index (χ4v) is 3.76. The molecule has 2 rings (SSSR count). The van der Waals surface area contributed by atoms with Gasteiger partial charge in [0.1, 0.15) is 12.4 Å². The number of nitrogens with zero attached hydrogens (tertiary/aromatic N) is 2. The fourth-order valence-electron chi connectivity index (χ4n) is 2.87. The van der Waals surface area contributed by atoms with E-state index in [9.17, 15) is 9.36 Å². The van der Waals surface area contributed by atoms with Gasteiger partial charge in [0.2, 0.25) is 0 Å². The summed E-state index contributed by atoms with van der Waals surface area (Å²) in [7, 11) is -1.79. The maximum absolute atomic E-state index is 11.1. The summed E-state index contributed by atoms with van der Waals surface area (Å²) in [6.45, 7) is 2.00. The third kappa shape index (κ3) is 12.0. The van der Waals surface area contributed by atoms with Gasteiger partial charge in [0.05, 0.1) is 18.7 Å². The van der Waals surface area contributed by atoms with E-state index in [4.69, 9.17) is 15.0 Å². The van der Waals surface area contributed by atoms with Gasteiger partial charge in [-0.1, -0.05) is 31.8 Å². The number of allylic oxidation sites excluding steroid dienone is 2. The number of hydrogen-bond acceptors (Lipinski definition) is 6.